The Balaban J connectivity index is 0.00000144. The quantitative estimate of drug-likeness (QED) is 0.480. The Kier molecular flexibility index (Phi) is 12.1. The summed E-state index contributed by atoms with van der Waals surface area (Å²) in [7, 11) is 1.77. The highest BCUT2D eigenvalue weighted by atomic mass is 35.5. The summed E-state index contributed by atoms with van der Waals surface area (Å²) in [4.78, 5) is 8.19. The van der Waals surface area contributed by atoms with Crippen LogP contribution in [0.2, 0.25) is 0 Å². The molecule has 0 aromatic heterocycles. The highest BCUT2D eigenvalue weighted by Crippen LogP contribution is 2.40. The molecule has 1 unspecified atom stereocenters. The number of likely N-dealkylation sites (tertiary alicyclic amines) is 1. The van der Waals surface area contributed by atoms with Crippen LogP contribution in [0.4, 0.5) is 0 Å². The first-order valence-corrected chi connectivity index (χ1v) is 12.6. The molecule has 7 heteroatoms. The molecule has 0 bridgehead atoms. The van der Waals surface area contributed by atoms with Gasteiger partial charge in [-0.15, -0.1) is 37.2 Å². The second-order valence-electron chi connectivity index (χ2n) is 10.1. The molecule has 3 aliphatic rings. The van der Waals surface area contributed by atoms with E-state index in [1.165, 1.54) is 95.5 Å². The van der Waals surface area contributed by atoms with Crippen LogP contribution in [0.15, 0.2) is 48.5 Å². The third kappa shape index (κ3) is 7.28. The van der Waals surface area contributed by atoms with Crippen LogP contribution in [0.3, 0.4) is 0 Å². The Morgan fingerprint density at radius 3 is 2.26 bits per heavy atom. The Morgan fingerprint density at radius 2 is 1.51 bits per heavy atom. The van der Waals surface area contributed by atoms with Gasteiger partial charge in [0.25, 0.3) is 0 Å². The van der Waals surface area contributed by atoms with E-state index in [9.17, 15) is 0 Å². The predicted molar refractivity (Wildman–Crippen MR) is 153 cm³/mol. The maximum absolute atomic E-state index is 5.47. The number of piperazine rings is 1. The van der Waals surface area contributed by atoms with Crippen LogP contribution >= 0.6 is 37.2 Å². The van der Waals surface area contributed by atoms with Gasteiger partial charge in [-0.2, -0.15) is 0 Å². The maximum Gasteiger partial charge on any atom is 0.119 e. The number of nitrogens with zero attached hydrogens (tertiary/aromatic N) is 3. The molecule has 0 amide bonds. The monoisotopic (exact) mass is 541 g/mol. The molecule has 35 heavy (non-hydrogen) atoms. The lowest BCUT2D eigenvalue weighted by Crippen LogP contribution is -2.57. The smallest absolute Gasteiger partial charge is 0.119 e. The van der Waals surface area contributed by atoms with Crippen molar-refractivity contribution in [1.82, 2.24) is 14.7 Å². The Morgan fingerprint density at radius 1 is 0.771 bits per heavy atom. The molecule has 0 N–H and O–H groups in total. The van der Waals surface area contributed by atoms with Gasteiger partial charge in [0, 0.05) is 51.4 Å². The summed E-state index contributed by atoms with van der Waals surface area (Å²) >= 11 is 0. The van der Waals surface area contributed by atoms with Gasteiger partial charge in [0.2, 0.25) is 0 Å². The maximum atomic E-state index is 5.47. The molecule has 2 heterocycles. The number of aryl methyl sites for hydroxylation is 1. The summed E-state index contributed by atoms with van der Waals surface area (Å²) in [6, 6.07) is 17.7. The van der Waals surface area contributed by atoms with Crippen molar-refractivity contribution in [3.63, 3.8) is 0 Å². The molecule has 0 radical (unpaired) electrons. The number of hydrogen-bond donors (Lipinski definition) is 0. The molecule has 4 nitrogen and oxygen atoms in total. The minimum atomic E-state index is 0. The molecule has 196 valence electrons. The summed E-state index contributed by atoms with van der Waals surface area (Å²) in [5.74, 6) is 1.01. The fourth-order valence-electron chi connectivity index (χ4n) is 6.20. The average molecular weight is 543 g/mol. The molecule has 0 saturated carbocycles. The fraction of sp³-hybridized carbons (Fsp3) is 0.571. The van der Waals surface area contributed by atoms with Crippen molar-refractivity contribution in [1.29, 1.82) is 0 Å². The van der Waals surface area contributed by atoms with Crippen LogP contribution in [-0.2, 0) is 19.4 Å². The van der Waals surface area contributed by atoms with Crippen LogP contribution in [0.1, 0.15) is 42.4 Å². The highest BCUT2D eigenvalue weighted by molar-refractivity contribution is 5.86. The number of hydrogen-bond acceptors (Lipinski definition) is 4. The zero-order valence-electron chi connectivity index (χ0n) is 21.0. The largest absolute Gasteiger partial charge is 0.497 e. The van der Waals surface area contributed by atoms with Crippen molar-refractivity contribution in [3.05, 3.63) is 65.2 Å². The molecule has 1 aliphatic carbocycles. The number of fused-ring (bicyclic) bond motifs is 1. The second kappa shape index (κ2) is 14.1. The van der Waals surface area contributed by atoms with Crippen LogP contribution < -0.4 is 4.74 Å². The van der Waals surface area contributed by atoms with E-state index in [0.717, 1.165) is 12.3 Å². The van der Waals surface area contributed by atoms with Crippen LogP contribution in [0.25, 0.3) is 0 Å². The predicted octanol–water partition coefficient (Wildman–Crippen LogP) is 5.49. The molecule has 5 rings (SSSR count). The number of ether oxygens (including phenoxy) is 1. The summed E-state index contributed by atoms with van der Waals surface area (Å²) in [5.41, 5.74) is 4.88. The van der Waals surface area contributed by atoms with Crippen LogP contribution in [-0.4, -0.2) is 73.2 Å². The van der Waals surface area contributed by atoms with E-state index >= 15 is 0 Å². The molecular weight excluding hydrogens is 501 g/mol. The van der Waals surface area contributed by atoms with Crippen molar-refractivity contribution in [3.8, 4) is 5.75 Å². The summed E-state index contributed by atoms with van der Waals surface area (Å²) in [6.07, 6.45) is 7.84. The van der Waals surface area contributed by atoms with Gasteiger partial charge in [0.15, 0.2) is 0 Å². The van der Waals surface area contributed by atoms with Crippen molar-refractivity contribution in [2.24, 2.45) is 0 Å². The van der Waals surface area contributed by atoms with Crippen molar-refractivity contribution in [2.75, 3.05) is 52.9 Å². The second-order valence-corrected chi connectivity index (χ2v) is 10.1. The van der Waals surface area contributed by atoms with Gasteiger partial charge in [0.1, 0.15) is 5.75 Å². The first-order chi connectivity index (χ1) is 15.7. The van der Waals surface area contributed by atoms with E-state index < -0.39 is 0 Å². The number of piperidine rings is 1. The van der Waals surface area contributed by atoms with E-state index in [4.69, 9.17) is 4.74 Å². The minimum Gasteiger partial charge on any atom is -0.497 e. The van der Waals surface area contributed by atoms with E-state index in [1.54, 1.807) is 12.7 Å². The number of halogens is 3. The fourth-order valence-corrected chi connectivity index (χ4v) is 6.20. The summed E-state index contributed by atoms with van der Waals surface area (Å²) in [5, 5.41) is 0. The first-order valence-electron chi connectivity index (χ1n) is 12.6. The summed E-state index contributed by atoms with van der Waals surface area (Å²) < 4.78 is 5.47. The molecule has 1 atom stereocenters. The van der Waals surface area contributed by atoms with Gasteiger partial charge in [-0.1, -0.05) is 42.8 Å². The topological polar surface area (TPSA) is 19.0 Å². The minimum absolute atomic E-state index is 0. The van der Waals surface area contributed by atoms with Crippen LogP contribution in [0, 0.1) is 0 Å². The van der Waals surface area contributed by atoms with E-state index in [0.29, 0.717) is 5.54 Å². The van der Waals surface area contributed by atoms with Gasteiger partial charge >= 0.3 is 0 Å². The van der Waals surface area contributed by atoms with Gasteiger partial charge < -0.3 is 4.74 Å². The highest BCUT2D eigenvalue weighted by Gasteiger charge is 2.41. The first kappa shape index (κ1) is 30.2. The number of benzene rings is 2. The third-order valence-corrected chi connectivity index (χ3v) is 8.18. The molecule has 2 aromatic carbocycles. The van der Waals surface area contributed by atoms with Crippen LogP contribution in [0.5, 0.6) is 5.75 Å². The molecule has 2 saturated heterocycles. The normalized spacial score (nSPS) is 22.9. The molecular formula is C28H42Cl3N3O. The molecule has 2 aromatic rings. The molecule has 1 spiro atoms. The van der Waals surface area contributed by atoms with Crippen molar-refractivity contribution >= 4 is 37.2 Å². The average Bonchev–Trinajstić information content (AvgIpc) is 2.85. The third-order valence-electron chi connectivity index (χ3n) is 8.18. The lowest BCUT2D eigenvalue weighted by Gasteiger charge is -2.51. The van der Waals surface area contributed by atoms with Gasteiger partial charge in [0.05, 0.1) is 7.11 Å². The van der Waals surface area contributed by atoms with E-state index in [2.05, 4.69) is 63.2 Å². The SMILES string of the molecule is COc1ccc2c(c1)CCC1(CCCCN1CCN1CCN(Cc3ccccc3)CC1)C2.Cl.Cl.Cl. The Labute approximate surface area is 230 Å². The zero-order valence-corrected chi connectivity index (χ0v) is 23.4. The van der Waals surface area contributed by atoms with E-state index in [-0.39, 0.29) is 37.2 Å². The van der Waals surface area contributed by atoms with Gasteiger partial charge in [-0.05, 0) is 67.5 Å². The van der Waals surface area contributed by atoms with Gasteiger partial charge in [-0.25, -0.2) is 0 Å². The van der Waals surface area contributed by atoms with E-state index in [1.807, 2.05) is 0 Å². The number of methoxy groups -OCH3 is 1. The Hall–Kier alpha value is -1.01. The van der Waals surface area contributed by atoms with Crippen molar-refractivity contribution < 1.29 is 4.74 Å². The zero-order chi connectivity index (χ0) is 21.8. The lowest BCUT2D eigenvalue weighted by molar-refractivity contribution is 0.0200. The standard InChI is InChI=1S/C28H39N3O.3ClH/c1-32-27-10-9-26-22-28(13-11-25(26)21-27)12-5-6-14-31(28)20-19-29-15-17-30(18-16-29)23-24-7-3-2-4-8-24;;;/h2-4,7-10,21H,5-6,11-20,22-23H2,1H3;3*1H. The lowest BCUT2D eigenvalue weighted by atomic mass is 9.72. The van der Waals surface area contributed by atoms with Crippen molar-refractivity contribution in [2.45, 2.75) is 50.6 Å². The summed E-state index contributed by atoms with van der Waals surface area (Å²) in [6.45, 7) is 9.60. The van der Waals surface area contributed by atoms with Gasteiger partial charge in [-0.3, -0.25) is 14.7 Å². The molecule has 2 aliphatic heterocycles. The molecule has 2 fully saturated rings. The number of rotatable bonds is 6. The Bertz CT molecular complexity index is 892.